The number of rotatable bonds is 10. The zero-order chi connectivity index (χ0) is 33.7. The Morgan fingerprint density at radius 1 is 1.10 bits per heavy atom. The van der Waals surface area contributed by atoms with Gasteiger partial charge >= 0.3 is 12.1 Å². The predicted molar refractivity (Wildman–Crippen MR) is 174 cm³/mol. The number of methoxy groups -OCH3 is 2. The summed E-state index contributed by atoms with van der Waals surface area (Å²) in [5.41, 5.74) is 2.68. The van der Waals surface area contributed by atoms with Crippen molar-refractivity contribution in [3.05, 3.63) is 70.2 Å². The normalized spacial score (nSPS) is 17.8. The molecule has 0 N–H and O–H groups in total. The van der Waals surface area contributed by atoms with Crippen LogP contribution in [-0.2, 0) is 24.1 Å². The summed E-state index contributed by atoms with van der Waals surface area (Å²) >= 11 is 1.34. The first-order valence-electron chi connectivity index (χ1n) is 15.8. The number of alkyl halides is 3. The third-order valence-electron chi connectivity index (χ3n) is 9.80. The van der Waals surface area contributed by atoms with Crippen LogP contribution in [-0.4, -0.2) is 47.8 Å². The number of fused-ring (bicyclic) bond motifs is 1. The molecular weight excluding hydrogens is 643 g/mol. The molecule has 4 heterocycles. The van der Waals surface area contributed by atoms with E-state index < -0.39 is 11.7 Å². The summed E-state index contributed by atoms with van der Waals surface area (Å²) in [7, 11) is 2.71. The van der Waals surface area contributed by atoms with Gasteiger partial charge in [-0.2, -0.15) is 18.4 Å². The SMILES string of the molecule is COC(=O)c1cc2c(nc(N3CC4(CC=C(c5cccc(OCc6ccc(C(F)(F)F)cc6OC)n5)CC4)C3)n2CC2(CC#N)CC2)s1. The molecule has 1 saturated carbocycles. The molecule has 1 aromatic carbocycles. The number of benzene rings is 1. The zero-order valence-electron chi connectivity index (χ0n) is 26.6. The van der Waals surface area contributed by atoms with Crippen molar-refractivity contribution >= 4 is 39.2 Å². The number of aromatic nitrogens is 3. The highest BCUT2D eigenvalue weighted by molar-refractivity contribution is 7.20. The summed E-state index contributed by atoms with van der Waals surface area (Å²) in [5, 5.41) is 9.44. The number of halogens is 3. The monoisotopic (exact) mass is 677 g/mol. The number of esters is 1. The molecule has 1 saturated heterocycles. The topological polar surface area (TPSA) is 102 Å². The van der Waals surface area contributed by atoms with Gasteiger partial charge in [-0.3, -0.25) is 0 Å². The first kappa shape index (κ1) is 32.0. The van der Waals surface area contributed by atoms with Gasteiger partial charge in [-0.1, -0.05) is 18.2 Å². The summed E-state index contributed by atoms with van der Waals surface area (Å²) in [6, 6.07) is 13.1. The minimum Gasteiger partial charge on any atom is -0.496 e. The van der Waals surface area contributed by atoms with Crippen molar-refractivity contribution in [1.82, 2.24) is 14.5 Å². The molecule has 4 aromatic rings. The van der Waals surface area contributed by atoms with Gasteiger partial charge in [0.25, 0.3) is 0 Å². The highest BCUT2D eigenvalue weighted by Crippen LogP contribution is 2.52. The van der Waals surface area contributed by atoms with Crippen LogP contribution in [0.15, 0.2) is 48.5 Å². The Hall–Kier alpha value is -4.57. The van der Waals surface area contributed by atoms with Crippen LogP contribution in [0.5, 0.6) is 11.6 Å². The number of hydrogen-bond acceptors (Lipinski definition) is 9. The van der Waals surface area contributed by atoms with E-state index in [1.807, 2.05) is 18.2 Å². The molecule has 1 spiro atoms. The second kappa shape index (κ2) is 12.1. The second-order valence-electron chi connectivity index (χ2n) is 13.1. The molecule has 3 aromatic heterocycles. The van der Waals surface area contributed by atoms with Crippen LogP contribution in [0.3, 0.4) is 0 Å². The van der Waals surface area contributed by atoms with E-state index in [4.69, 9.17) is 24.2 Å². The van der Waals surface area contributed by atoms with Gasteiger partial charge in [0.05, 0.1) is 37.1 Å². The largest absolute Gasteiger partial charge is 0.496 e. The number of allylic oxidation sites excluding steroid dienone is 2. The summed E-state index contributed by atoms with van der Waals surface area (Å²) in [5.74, 6) is 1.02. The molecule has 48 heavy (non-hydrogen) atoms. The van der Waals surface area contributed by atoms with Crippen molar-refractivity contribution in [2.45, 2.75) is 57.9 Å². The summed E-state index contributed by atoms with van der Waals surface area (Å²) in [6.07, 6.45) is 3.06. The highest BCUT2D eigenvalue weighted by Gasteiger charge is 2.47. The number of nitrogens with zero attached hydrogens (tertiary/aromatic N) is 5. The summed E-state index contributed by atoms with van der Waals surface area (Å²) in [4.78, 5) is 25.5. The fourth-order valence-electron chi connectivity index (χ4n) is 6.81. The predicted octanol–water partition coefficient (Wildman–Crippen LogP) is 7.65. The Bertz CT molecular complexity index is 1950. The third-order valence-corrected chi connectivity index (χ3v) is 10.8. The van der Waals surface area contributed by atoms with Gasteiger partial charge in [0.2, 0.25) is 11.8 Å². The van der Waals surface area contributed by atoms with Crippen molar-refractivity contribution in [3.8, 4) is 17.7 Å². The van der Waals surface area contributed by atoms with E-state index in [0.717, 1.165) is 84.9 Å². The smallest absolute Gasteiger partial charge is 0.416 e. The number of nitriles is 1. The fourth-order valence-corrected chi connectivity index (χ4v) is 7.75. The maximum Gasteiger partial charge on any atom is 0.416 e. The van der Waals surface area contributed by atoms with E-state index in [2.05, 4.69) is 21.6 Å². The molecule has 3 aliphatic rings. The fraction of sp³-hybridized carbons (Fsp3) is 0.429. The number of pyridine rings is 1. The van der Waals surface area contributed by atoms with Crippen LogP contribution in [0.4, 0.5) is 19.1 Å². The molecule has 0 atom stereocenters. The molecule has 0 bridgehead atoms. The van der Waals surface area contributed by atoms with E-state index in [-0.39, 0.29) is 29.2 Å². The van der Waals surface area contributed by atoms with Crippen molar-refractivity contribution < 1.29 is 32.2 Å². The number of anilines is 1. The summed E-state index contributed by atoms with van der Waals surface area (Å²) < 4.78 is 57.6. The number of ether oxygens (including phenoxy) is 3. The molecule has 2 fully saturated rings. The van der Waals surface area contributed by atoms with E-state index in [1.54, 1.807) is 6.07 Å². The van der Waals surface area contributed by atoms with Gasteiger partial charge in [-0.15, -0.1) is 11.3 Å². The van der Waals surface area contributed by atoms with Gasteiger partial charge in [-0.05, 0) is 61.9 Å². The average molecular weight is 678 g/mol. The van der Waals surface area contributed by atoms with Gasteiger partial charge < -0.3 is 23.7 Å². The minimum atomic E-state index is -4.46. The molecular formula is C35H34F3N5O4S. The van der Waals surface area contributed by atoms with Crippen LogP contribution in [0, 0.1) is 22.2 Å². The quantitative estimate of drug-likeness (QED) is 0.158. The van der Waals surface area contributed by atoms with Gasteiger partial charge in [-0.25, -0.2) is 14.8 Å². The molecule has 250 valence electrons. The Balaban J connectivity index is 1.03. The van der Waals surface area contributed by atoms with Crippen molar-refractivity contribution in [2.24, 2.45) is 10.8 Å². The van der Waals surface area contributed by atoms with Gasteiger partial charge in [0.15, 0.2) is 0 Å². The lowest BCUT2D eigenvalue weighted by Gasteiger charge is -2.52. The van der Waals surface area contributed by atoms with Crippen LogP contribution in [0.1, 0.15) is 65.0 Å². The lowest BCUT2D eigenvalue weighted by molar-refractivity contribution is -0.137. The van der Waals surface area contributed by atoms with Crippen LogP contribution in [0.25, 0.3) is 15.9 Å². The second-order valence-corrected chi connectivity index (χ2v) is 14.1. The Labute approximate surface area is 279 Å². The zero-order valence-corrected chi connectivity index (χ0v) is 27.4. The first-order chi connectivity index (χ1) is 23.0. The number of thiophene rings is 1. The Morgan fingerprint density at radius 2 is 1.92 bits per heavy atom. The number of carbonyl (C=O) groups excluding carboxylic acids is 1. The van der Waals surface area contributed by atoms with Crippen molar-refractivity contribution in [1.29, 1.82) is 5.26 Å². The molecule has 7 rings (SSSR count). The van der Waals surface area contributed by atoms with Gasteiger partial charge in [0, 0.05) is 48.5 Å². The minimum absolute atomic E-state index is 0.0187. The number of carbonyl (C=O) groups is 1. The third kappa shape index (κ3) is 6.09. The van der Waals surface area contributed by atoms with Crippen LogP contribution >= 0.6 is 11.3 Å². The van der Waals surface area contributed by atoms with Gasteiger partial charge in [0.1, 0.15) is 22.1 Å². The molecule has 13 heteroatoms. The molecule has 9 nitrogen and oxygen atoms in total. The lowest BCUT2D eigenvalue weighted by Crippen LogP contribution is -2.57. The standard InChI is InChI=1S/C35H34F3N5O4S/c1-45-27-16-24(35(36,37)38)7-6-23(27)18-47-29-5-3-4-25(40-29)22-8-10-34(11-9-22)19-42(20-34)32-41-30-26(17-28(48-30)31(44)46-2)43(32)21-33(12-13-33)14-15-39/h3-8,16-17H,9-14,18-21H2,1-2H3. The lowest BCUT2D eigenvalue weighted by atomic mass is 9.69. The molecule has 0 amide bonds. The highest BCUT2D eigenvalue weighted by atomic mass is 32.1. The van der Waals surface area contributed by atoms with E-state index >= 15 is 0 Å². The Morgan fingerprint density at radius 3 is 2.58 bits per heavy atom. The molecule has 1 aliphatic heterocycles. The number of hydrogen-bond donors (Lipinski definition) is 0. The van der Waals surface area contributed by atoms with E-state index in [9.17, 15) is 23.2 Å². The van der Waals surface area contributed by atoms with Crippen molar-refractivity contribution in [2.75, 3.05) is 32.2 Å². The Kier molecular flexibility index (Phi) is 8.10. The summed E-state index contributed by atoms with van der Waals surface area (Å²) in [6.45, 7) is 2.45. The van der Waals surface area contributed by atoms with Crippen molar-refractivity contribution in [3.63, 3.8) is 0 Å². The molecule has 0 radical (unpaired) electrons. The maximum absolute atomic E-state index is 13.1. The van der Waals surface area contributed by atoms with E-state index in [1.165, 1.54) is 31.6 Å². The molecule has 2 aliphatic carbocycles. The first-order valence-corrected chi connectivity index (χ1v) is 16.6. The average Bonchev–Trinajstić information content (AvgIpc) is 3.57. The van der Waals surface area contributed by atoms with E-state index in [0.29, 0.717) is 29.3 Å². The van der Waals surface area contributed by atoms with Crippen LogP contribution in [0.2, 0.25) is 0 Å². The molecule has 0 unspecified atom stereocenters. The van der Waals surface area contributed by atoms with Crippen LogP contribution < -0.4 is 14.4 Å². The number of imidazole rings is 1. The maximum atomic E-state index is 13.1.